The molecule has 1 aromatic carbocycles. The lowest BCUT2D eigenvalue weighted by molar-refractivity contribution is -0.138. The summed E-state index contributed by atoms with van der Waals surface area (Å²) in [6.45, 7) is 6.95. The van der Waals surface area contributed by atoms with Crippen molar-refractivity contribution in [3.8, 4) is 0 Å². The van der Waals surface area contributed by atoms with Crippen molar-refractivity contribution in [2.24, 2.45) is 0 Å². The number of hydrogen-bond donors (Lipinski definition) is 1. The zero-order valence-corrected chi connectivity index (χ0v) is 14.6. The minimum absolute atomic E-state index is 0. The lowest BCUT2D eigenvalue weighted by atomic mass is 9.93. The predicted octanol–water partition coefficient (Wildman–Crippen LogP) is 4.82. The largest absolute Gasteiger partial charge is 0.416 e. The Bertz CT molecular complexity index is 499. The van der Waals surface area contributed by atoms with Gasteiger partial charge in [-0.2, -0.15) is 13.2 Å². The van der Waals surface area contributed by atoms with Gasteiger partial charge in [-0.1, -0.05) is 30.7 Å². The minimum atomic E-state index is -4.30. The molecule has 1 atom stereocenters. The highest BCUT2D eigenvalue weighted by molar-refractivity contribution is 5.85. The molecule has 0 aliphatic carbocycles. The van der Waals surface area contributed by atoms with Gasteiger partial charge >= 0.3 is 6.18 Å². The number of halogens is 4. The Labute approximate surface area is 148 Å². The number of allylic oxidation sites excluding steroid dienone is 1. The van der Waals surface area contributed by atoms with Gasteiger partial charge in [-0.3, -0.25) is 4.90 Å². The Morgan fingerprint density at radius 3 is 2.46 bits per heavy atom. The smallest absolute Gasteiger partial charge is 0.314 e. The van der Waals surface area contributed by atoms with Crippen molar-refractivity contribution in [1.29, 1.82) is 0 Å². The van der Waals surface area contributed by atoms with Gasteiger partial charge in [0.05, 0.1) is 5.56 Å². The Morgan fingerprint density at radius 2 is 1.83 bits per heavy atom. The molecule has 0 radical (unpaired) electrons. The third kappa shape index (κ3) is 5.80. The first-order valence-corrected chi connectivity index (χ1v) is 8.26. The van der Waals surface area contributed by atoms with Crippen molar-refractivity contribution in [3.63, 3.8) is 0 Å². The summed E-state index contributed by atoms with van der Waals surface area (Å²) < 4.78 is 40.1. The van der Waals surface area contributed by atoms with E-state index in [9.17, 15) is 13.2 Å². The van der Waals surface area contributed by atoms with E-state index in [2.05, 4.69) is 16.8 Å². The van der Waals surface area contributed by atoms with E-state index in [4.69, 9.17) is 0 Å². The van der Waals surface area contributed by atoms with E-state index in [0.717, 1.165) is 51.9 Å². The zero-order valence-electron chi connectivity index (χ0n) is 13.8. The van der Waals surface area contributed by atoms with E-state index in [0.29, 0.717) is 5.56 Å². The summed E-state index contributed by atoms with van der Waals surface area (Å²) in [5, 5.41) is 3.27. The van der Waals surface area contributed by atoms with Crippen LogP contribution in [0, 0.1) is 0 Å². The molecule has 1 aliphatic heterocycles. The first kappa shape index (κ1) is 21.0. The molecule has 24 heavy (non-hydrogen) atoms. The van der Waals surface area contributed by atoms with Crippen molar-refractivity contribution < 1.29 is 13.2 Å². The van der Waals surface area contributed by atoms with Gasteiger partial charge < -0.3 is 5.32 Å². The van der Waals surface area contributed by atoms with Crippen LogP contribution in [0.2, 0.25) is 0 Å². The fourth-order valence-corrected chi connectivity index (χ4v) is 3.20. The third-order valence-electron chi connectivity index (χ3n) is 4.35. The Kier molecular flexibility index (Phi) is 8.81. The van der Waals surface area contributed by atoms with Crippen molar-refractivity contribution in [1.82, 2.24) is 10.2 Å². The summed E-state index contributed by atoms with van der Waals surface area (Å²) in [5.41, 5.74) is -0.0762. The summed E-state index contributed by atoms with van der Waals surface area (Å²) in [6.07, 6.45) is 1.11. The molecule has 1 N–H and O–H groups in total. The molecule has 0 unspecified atom stereocenters. The summed E-state index contributed by atoms with van der Waals surface area (Å²) in [4.78, 5) is 2.19. The molecule has 0 spiro atoms. The molecule has 2 rings (SSSR count). The van der Waals surface area contributed by atoms with Crippen LogP contribution in [0.4, 0.5) is 13.2 Å². The molecule has 2 nitrogen and oxygen atoms in total. The molecule has 0 saturated carbocycles. The van der Waals surface area contributed by atoms with E-state index in [1.807, 2.05) is 6.08 Å². The minimum Gasteiger partial charge on any atom is -0.314 e. The maximum atomic E-state index is 13.4. The molecule has 1 saturated heterocycles. The molecule has 0 bridgehead atoms. The second-order valence-corrected chi connectivity index (χ2v) is 5.96. The van der Waals surface area contributed by atoms with Gasteiger partial charge in [0.2, 0.25) is 0 Å². The number of piperazine rings is 1. The summed E-state index contributed by atoms with van der Waals surface area (Å²) >= 11 is 0. The maximum Gasteiger partial charge on any atom is 0.416 e. The number of rotatable bonds is 7. The lowest BCUT2D eigenvalue weighted by Gasteiger charge is -2.36. The van der Waals surface area contributed by atoms with Crippen LogP contribution in [0.25, 0.3) is 0 Å². The van der Waals surface area contributed by atoms with E-state index in [1.165, 1.54) is 12.1 Å². The van der Waals surface area contributed by atoms with E-state index in [1.54, 1.807) is 12.1 Å². The fraction of sp³-hybridized carbons (Fsp3) is 0.556. The average molecular weight is 363 g/mol. The third-order valence-corrected chi connectivity index (χ3v) is 4.35. The number of nitrogens with zero attached hydrogens (tertiary/aromatic N) is 1. The first-order valence-electron chi connectivity index (χ1n) is 8.26. The molecule has 1 aliphatic rings. The lowest BCUT2D eigenvalue weighted by Crippen LogP contribution is -2.45. The van der Waals surface area contributed by atoms with Crippen LogP contribution in [0.3, 0.4) is 0 Å². The van der Waals surface area contributed by atoms with Gasteiger partial charge in [0.25, 0.3) is 0 Å². The number of nitrogens with one attached hydrogen (secondary N) is 1. The van der Waals surface area contributed by atoms with Crippen molar-refractivity contribution in [3.05, 3.63) is 48.0 Å². The Morgan fingerprint density at radius 1 is 1.17 bits per heavy atom. The van der Waals surface area contributed by atoms with Crippen molar-refractivity contribution in [2.75, 3.05) is 26.2 Å². The Hall–Kier alpha value is -1.04. The topological polar surface area (TPSA) is 15.3 Å². The van der Waals surface area contributed by atoms with Crippen LogP contribution in [-0.2, 0) is 6.18 Å². The normalized spacial score (nSPS) is 17.1. The van der Waals surface area contributed by atoms with Crippen LogP contribution in [0.1, 0.15) is 42.9 Å². The van der Waals surface area contributed by atoms with Gasteiger partial charge in [-0.05, 0) is 30.9 Å². The van der Waals surface area contributed by atoms with Gasteiger partial charge in [0.1, 0.15) is 0 Å². The van der Waals surface area contributed by atoms with E-state index >= 15 is 0 Å². The molecule has 1 fully saturated rings. The van der Waals surface area contributed by atoms with Gasteiger partial charge in [-0.25, -0.2) is 0 Å². The predicted molar refractivity (Wildman–Crippen MR) is 94.5 cm³/mol. The monoisotopic (exact) mass is 362 g/mol. The van der Waals surface area contributed by atoms with E-state index in [-0.39, 0.29) is 18.4 Å². The van der Waals surface area contributed by atoms with Gasteiger partial charge in [-0.15, -0.1) is 19.0 Å². The molecule has 1 aromatic rings. The van der Waals surface area contributed by atoms with Crippen LogP contribution in [0.15, 0.2) is 36.9 Å². The zero-order chi connectivity index (χ0) is 16.7. The molecule has 1 heterocycles. The summed E-state index contributed by atoms with van der Waals surface area (Å²) in [6, 6.07) is 5.86. The van der Waals surface area contributed by atoms with Crippen LogP contribution < -0.4 is 5.32 Å². The van der Waals surface area contributed by atoms with Crippen molar-refractivity contribution >= 4 is 12.4 Å². The van der Waals surface area contributed by atoms with Gasteiger partial charge in [0, 0.05) is 32.2 Å². The second-order valence-electron chi connectivity index (χ2n) is 5.96. The highest BCUT2D eigenvalue weighted by atomic mass is 35.5. The second kappa shape index (κ2) is 10.1. The SMILES string of the molecule is C=CCCCC[C@@H](c1ccccc1C(F)(F)F)N1CCNCC1.Cl. The van der Waals surface area contributed by atoms with E-state index < -0.39 is 11.7 Å². The standard InChI is InChI=1S/C18H25F3N2.ClH/c1-2-3-4-5-10-17(23-13-11-22-12-14-23)15-8-6-7-9-16(15)18(19,20)21;/h2,6-9,17,22H,1,3-5,10-14H2;1H/t17-;/m0./s1. The summed E-state index contributed by atoms with van der Waals surface area (Å²) in [7, 11) is 0. The number of alkyl halides is 3. The van der Waals surface area contributed by atoms with Crippen LogP contribution in [-0.4, -0.2) is 31.1 Å². The molecular weight excluding hydrogens is 337 g/mol. The maximum absolute atomic E-state index is 13.4. The molecule has 136 valence electrons. The van der Waals surface area contributed by atoms with Gasteiger partial charge in [0.15, 0.2) is 0 Å². The number of unbranched alkanes of at least 4 members (excludes halogenated alkanes) is 2. The average Bonchev–Trinajstić information content (AvgIpc) is 2.55. The molecular formula is C18H26ClF3N2. The summed E-state index contributed by atoms with van der Waals surface area (Å²) in [5.74, 6) is 0. The first-order chi connectivity index (χ1) is 11.0. The number of benzene rings is 1. The van der Waals surface area contributed by atoms with Crippen LogP contribution >= 0.6 is 12.4 Å². The molecule has 6 heteroatoms. The highest BCUT2D eigenvalue weighted by Gasteiger charge is 2.36. The van der Waals surface area contributed by atoms with Crippen LogP contribution in [0.5, 0.6) is 0 Å². The molecule has 0 aromatic heterocycles. The van der Waals surface area contributed by atoms with Crippen molar-refractivity contribution in [2.45, 2.75) is 37.9 Å². The molecule has 0 amide bonds. The fourth-order valence-electron chi connectivity index (χ4n) is 3.20. The number of hydrogen-bond acceptors (Lipinski definition) is 2. The Balaban J connectivity index is 0.00000288. The highest BCUT2D eigenvalue weighted by Crippen LogP contribution is 2.38. The quantitative estimate of drug-likeness (QED) is 0.552.